The number of carbonyl (C=O) groups is 1. The third kappa shape index (κ3) is 3.53. The van der Waals surface area contributed by atoms with Crippen LogP contribution >= 0.6 is 11.6 Å². The Morgan fingerprint density at radius 3 is 2.19 bits per heavy atom. The first-order valence-electron chi connectivity index (χ1n) is 5.22. The van der Waals surface area contributed by atoms with Gasteiger partial charge in [0, 0.05) is 0 Å². The molecule has 0 radical (unpaired) electrons. The fraction of sp³-hybridized carbons (Fsp3) is 0.462. The molecule has 0 aliphatic rings. The van der Waals surface area contributed by atoms with Crippen molar-refractivity contribution in [2.24, 2.45) is 5.41 Å². The van der Waals surface area contributed by atoms with Crippen LogP contribution in [0.4, 0.5) is 0 Å². The van der Waals surface area contributed by atoms with Crippen LogP contribution < -0.4 is 4.74 Å². The lowest BCUT2D eigenvalue weighted by Gasteiger charge is -2.20. The van der Waals surface area contributed by atoms with Crippen molar-refractivity contribution in [1.82, 2.24) is 0 Å². The molecule has 0 saturated heterocycles. The van der Waals surface area contributed by atoms with Gasteiger partial charge in [0.25, 0.3) is 0 Å². The van der Waals surface area contributed by atoms with Crippen molar-refractivity contribution in [1.29, 1.82) is 0 Å². The number of hydrogen-bond acceptors (Lipinski definition) is 2. The third-order valence-corrected chi connectivity index (χ3v) is 2.84. The van der Waals surface area contributed by atoms with Crippen molar-refractivity contribution in [2.75, 3.05) is 6.61 Å². The van der Waals surface area contributed by atoms with E-state index in [2.05, 4.69) is 6.07 Å². The van der Waals surface area contributed by atoms with Crippen molar-refractivity contribution >= 4 is 16.8 Å². The van der Waals surface area contributed by atoms with E-state index in [-0.39, 0.29) is 11.8 Å². The van der Waals surface area contributed by atoms with Crippen molar-refractivity contribution in [3.05, 3.63) is 29.3 Å². The first-order chi connectivity index (χ1) is 7.31. The van der Waals surface area contributed by atoms with Gasteiger partial charge < -0.3 is 4.74 Å². The van der Waals surface area contributed by atoms with Crippen LogP contribution in [-0.4, -0.2) is 11.8 Å². The second kappa shape index (κ2) is 4.88. The molecular weight excluding hydrogens is 224 g/mol. The maximum absolute atomic E-state index is 11.1. The quantitative estimate of drug-likeness (QED) is 0.754. The van der Waals surface area contributed by atoms with E-state index in [1.807, 2.05) is 26.0 Å². The summed E-state index contributed by atoms with van der Waals surface area (Å²) in [5.41, 5.74) is 1.63. The summed E-state index contributed by atoms with van der Waals surface area (Å²) >= 11 is 5.48. The Labute approximate surface area is 102 Å². The van der Waals surface area contributed by atoms with E-state index in [0.717, 1.165) is 16.9 Å². The summed E-state index contributed by atoms with van der Waals surface area (Å²) in [6, 6.07) is 5.97. The molecule has 1 aromatic rings. The minimum Gasteiger partial charge on any atom is -0.493 e. The number of benzene rings is 1. The van der Waals surface area contributed by atoms with E-state index in [9.17, 15) is 4.79 Å². The highest BCUT2D eigenvalue weighted by atomic mass is 35.5. The third-order valence-electron chi connectivity index (χ3n) is 2.33. The molecule has 0 aromatic heterocycles. The highest BCUT2D eigenvalue weighted by Gasteiger charge is 2.26. The first kappa shape index (κ1) is 13.0. The zero-order valence-electron chi connectivity index (χ0n) is 10.1. The van der Waals surface area contributed by atoms with Crippen LogP contribution in [0.25, 0.3) is 0 Å². The predicted octanol–water partition coefficient (Wildman–Crippen LogP) is 3.47. The molecule has 0 unspecified atom stereocenters. The van der Waals surface area contributed by atoms with Gasteiger partial charge in [0.05, 0.1) is 5.41 Å². The number of aryl methyl sites for hydroxylation is 2. The van der Waals surface area contributed by atoms with E-state index in [1.54, 1.807) is 13.8 Å². The van der Waals surface area contributed by atoms with Crippen molar-refractivity contribution in [3.8, 4) is 5.75 Å². The lowest BCUT2D eigenvalue weighted by molar-refractivity contribution is -0.120. The number of carbonyl (C=O) groups excluding carboxylic acids is 1. The number of ether oxygens (including phenoxy) is 1. The molecule has 0 aliphatic heterocycles. The fourth-order valence-electron chi connectivity index (χ4n) is 1.34. The highest BCUT2D eigenvalue weighted by molar-refractivity contribution is 6.64. The Morgan fingerprint density at radius 1 is 1.25 bits per heavy atom. The molecule has 2 nitrogen and oxygen atoms in total. The smallest absolute Gasteiger partial charge is 0.230 e. The summed E-state index contributed by atoms with van der Waals surface area (Å²) in [5, 5.41) is -0.378. The number of rotatable bonds is 4. The summed E-state index contributed by atoms with van der Waals surface area (Å²) in [7, 11) is 0. The van der Waals surface area contributed by atoms with E-state index in [1.165, 1.54) is 0 Å². The minimum atomic E-state index is -0.654. The van der Waals surface area contributed by atoms with Crippen molar-refractivity contribution in [3.63, 3.8) is 0 Å². The zero-order chi connectivity index (χ0) is 12.3. The summed E-state index contributed by atoms with van der Waals surface area (Å²) in [6.07, 6.45) is 0. The molecule has 0 heterocycles. The molecule has 0 aliphatic carbocycles. The molecule has 3 heteroatoms. The number of hydrogen-bond donors (Lipinski definition) is 0. The lowest BCUT2D eigenvalue weighted by atomic mass is 9.97. The Kier molecular flexibility index (Phi) is 3.98. The monoisotopic (exact) mass is 240 g/mol. The Balaban J connectivity index is 2.71. The average Bonchev–Trinajstić information content (AvgIpc) is 2.13. The molecule has 0 atom stereocenters. The summed E-state index contributed by atoms with van der Waals surface area (Å²) in [5.74, 6) is 0.781. The molecular formula is C13H17ClO2. The summed E-state index contributed by atoms with van der Waals surface area (Å²) in [4.78, 5) is 11.1. The highest BCUT2D eigenvalue weighted by Crippen LogP contribution is 2.22. The van der Waals surface area contributed by atoms with Gasteiger partial charge in [0.15, 0.2) is 0 Å². The van der Waals surface area contributed by atoms with Crippen molar-refractivity contribution in [2.45, 2.75) is 27.7 Å². The SMILES string of the molecule is Cc1cc(C)cc(OCC(C)(C)C(=O)Cl)c1. The van der Waals surface area contributed by atoms with Gasteiger partial charge in [-0.2, -0.15) is 0 Å². The van der Waals surface area contributed by atoms with E-state index >= 15 is 0 Å². The van der Waals surface area contributed by atoms with Crippen LogP contribution in [0, 0.1) is 19.3 Å². The van der Waals surface area contributed by atoms with Crippen LogP contribution in [-0.2, 0) is 4.79 Å². The van der Waals surface area contributed by atoms with E-state index in [0.29, 0.717) is 0 Å². The van der Waals surface area contributed by atoms with Crippen LogP contribution in [0.5, 0.6) is 5.75 Å². The lowest BCUT2D eigenvalue weighted by Crippen LogP contribution is -2.27. The average molecular weight is 241 g/mol. The van der Waals surface area contributed by atoms with Crippen LogP contribution in [0.1, 0.15) is 25.0 Å². The van der Waals surface area contributed by atoms with Gasteiger partial charge in [0.2, 0.25) is 5.24 Å². The maximum Gasteiger partial charge on any atom is 0.230 e. The molecule has 16 heavy (non-hydrogen) atoms. The van der Waals surface area contributed by atoms with Crippen LogP contribution in [0.2, 0.25) is 0 Å². The van der Waals surface area contributed by atoms with Gasteiger partial charge in [-0.15, -0.1) is 0 Å². The molecule has 1 rings (SSSR count). The molecule has 0 bridgehead atoms. The second-order valence-corrected chi connectivity index (χ2v) is 5.11. The van der Waals surface area contributed by atoms with Gasteiger partial charge in [-0.25, -0.2) is 0 Å². The van der Waals surface area contributed by atoms with Gasteiger partial charge in [-0.05, 0) is 62.6 Å². The predicted molar refractivity (Wildman–Crippen MR) is 66.1 cm³/mol. The molecule has 0 fully saturated rings. The molecule has 88 valence electrons. The van der Waals surface area contributed by atoms with Crippen LogP contribution in [0.15, 0.2) is 18.2 Å². The van der Waals surface area contributed by atoms with Gasteiger partial charge in [-0.1, -0.05) is 6.07 Å². The van der Waals surface area contributed by atoms with E-state index < -0.39 is 5.41 Å². The van der Waals surface area contributed by atoms with Crippen molar-refractivity contribution < 1.29 is 9.53 Å². The molecule has 0 spiro atoms. The molecule has 1 aromatic carbocycles. The standard InChI is InChI=1S/C13H17ClO2/c1-9-5-10(2)7-11(6-9)16-8-13(3,4)12(14)15/h5-7H,8H2,1-4H3. The second-order valence-electron chi connectivity index (χ2n) is 4.77. The molecule has 0 saturated carbocycles. The Bertz CT molecular complexity index is 377. The normalized spacial score (nSPS) is 11.3. The number of halogens is 1. The van der Waals surface area contributed by atoms with Crippen LogP contribution in [0.3, 0.4) is 0 Å². The largest absolute Gasteiger partial charge is 0.493 e. The fourth-order valence-corrected chi connectivity index (χ4v) is 1.39. The van der Waals surface area contributed by atoms with Gasteiger partial charge >= 0.3 is 0 Å². The van der Waals surface area contributed by atoms with Gasteiger partial charge in [-0.3, -0.25) is 4.79 Å². The van der Waals surface area contributed by atoms with E-state index in [4.69, 9.17) is 16.3 Å². The Hall–Kier alpha value is -1.02. The van der Waals surface area contributed by atoms with Gasteiger partial charge in [0.1, 0.15) is 12.4 Å². The molecule has 0 N–H and O–H groups in total. The summed E-state index contributed by atoms with van der Waals surface area (Å²) in [6.45, 7) is 7.85. The summed E-state index contributed by atoms with van der Waals surface area (Å²) < 4.78 is 5.59. The minimum absolute atomic E-state index is 0.290. The molecule has 0 amide bonds. The first-order valence-corrected chi connectivity index (χ1v) is 5.60. The maximum atomic E-state index is 11.1. The Morgan fingerprint density at radius 2 is 1.75 bits per heavy atom. The zero-order valence-corrected chi connectivity index (χ0v) is 10.9. The topological polar surface area (TPSA) is 26.3 Å².